The second-order valence-electron chi connectivity index (χ2n) is 7.44. The predicted molar refractivity (Wildman–Crippen MR) is 93.3 cm³/mol. The fourth-order valence-electron chi connectivity index (χ4n) is 4.35. The van der Waals surface area contributed by atoms with Crippen molar-refractivity contribution in [1.29, 1.82) is 0 Å². The topological polar surface area (TPSA) is 79.0 Å². The lowest BCUT2D eigenvalue weighted by molar-refractivity contribution is -0.146. The number of carbonyl (C=O) groups excluding carboxylic acids is 3. The number of rotatable bonds is 2. The van der Waals surface area contributed by atoms with Crippen LogP contribution in [0.25, 0.3) is 0 Å². The lowest BCUT2D eigenvalue weighted by Crippen LogP contribution is -2.52. The molecule has 0 radical (unpaired) electrons. The Morgan fingerprint density at radius 3 is 2.65 bits per heavy atom. The van der Waals surface area contributed by atoms with Crippen molar-refractivity contribution >= 4 is 17.8 Å². The molecule has 3 unspecified atom stereocenters. The lowest BCUT2D eigenvalue weighted by atomic mass is 9.92. The molecule has 4 rings (SSSR count). The zero-order valence-electron chi connectivity index (χ0n) is 15.0. The highest BCUT2D eigenvalue weighted by atomic mass is 16.5. The number of nitrogens with zero attached hydrogens (tertiary/aromatic N) is 2. The predicted octanol–water partition coefficient (Wildman–Crippen LogP) is 1.02. The quantitative estimate of drug-likeness (QED) is 0.802. The van der Waals surface area contributed by atoms with Gasteiger partial charge in [0.25, 0.3) is 5.91 Å². The van der Waals surface area contributed by atoms with Crippen molar-refractivity contribution in [2.45, 2.75) is 44.4 Å². The van der Waals surface area contributed by atoms with Crippen LogP contribution in [0.2, 0.25) is 0 Å². The van der Waals surface area contributed by atoms with E-state index in [9.17, 15) is 14.4 Å². The van der Waals surface area contributed by atoms with E-state index in [-0.39, 0.29) is 30.6 Å². The van der Waals surface area contributed by atoms with Crippen molar-refractivity contribution < 1.29 is 19.1 Å². The third-order valence-corrected chi connectivity index (χ3v) is 5.49. The summed E-state index contributed by atoms with van der Waals surface area (Å²) >= 11 is 0. The minimum absolute atomic E-state index is 0.0566. The second kappa shape index (κ2) is 6.09. The van der Waals surface area contributed by atoms with Crippen LogP contribution in [0.1, 0.15) is 31.4 Å². The number of urea groups is 1. The number of imide groups is 1. The molecule has 2 heterocycles. The van der Waals surface area contributed by atoms with Gasteiger partial charge in [0.1, 0.15) is 12.1 Å². The molecular weight excluding hydrogens is 334 g/mol. The molecule has 2 fully saturated rings. The molecule has 138 valence electrons. The molecule has 1 N–H and O–H groups in total. The summed E-state index contributed by atoms with van der Waals surface area (Å²) in [5.41, 5.74) is 0.909. The first kappa shape index (κ1) is 17.0. The maximum absolute atomic E-state index is 13.1. The van der Waals surface area contributed by atoms with Gasteiger partial charge in [-0.15, -0.1) is 0 Å². The maximum Gasteiger partial charge on any atom is 0.325 e. The molecule has 3 atom stereocenters. The Bertz CT molecular complexity index is 770. The molecule has 3 aliphatic rings. The van der Waals surface area contributed by atoms with Crippen LogP contribution in [0.5, 0.6) is 0 Å². The van der Waals surface area contributed by atoms with E-state index in [2.05, 4.69) is 5.32 Å². The first-order valence-electron chi connectivity index (χ1n) is 9.06. The van der Waals surface area contributed by atoms with Gasteiger partial charge in [0, 0.05) is 13.1 Å². The molecule has 1 spiro atoms. The van der Waals surface area contributed by atoms with Crippen LogP contribution < -0.4 is 5.32 Å². The van der Waals surface area contributed by atoms with Crippen molar-refractivity contribution in [2.24, 2.45) is 0 Å². The van der Waals surface area contributed by atoms with Crippen LogP contribution in [0.3, 0.4) is 0 Å². The zero-order chi connectivity index (χ0) is 18.5. The highest BCUT2D eigenvalue weighted by molar-refractivity contribution is 6.09. The summed E-state index contributed by atoms with van der Waals surface area (Å²) in [6.07, 6.45) is 1.16. The van der Waals surface area contributed by atoms with Crippen LogP contribution in [0.4, 0.5) is 4.79 Å². The number of ether oxygens (including phenoxy) is 1. The SMILES string of the molecule is CC1CN(C(=O)CN2C(=O)NC3(CCc4ccccc43)C2=O)CC(C)O1. The van der Waals surface area contributed by atoms with E-state index >= 15 is 0 Å². The van der Waals surface area contributed by atoms with Crippen LogP contribution in [0.15, 0.2) is 24.3 Å². The third-order valence-electron chi connectivity index (χ3n) is 5.49. The Kier molecular flexibility index (Phi) is 3.99. The van der Waals surface area contributed by atoms with Crippen LogP contribution >= 0.6 is 0 Å². The average molecular weight is 357 g/mol. The number of morpholine rings is 1. The average Bonchev–Trinajstić information content (AvgIpc) is 3.08. The second-order valence-corrected chi connectivity index (χ2v) is 7.44. The molecule has 1 aliphatic carbocycles. The molecule has 2 saturated heterocycles. The monoisotopic (exact) mass is 357 g/mol. The Morgan fingerprint density at radius 2 is 1.92 bits per heavy atom. The molecular formula is C19H23N3O4. The number of hydrogen-bond donors (Lipinski definition) is 1. The van der Waals surface area contributed by atoms with Crippen molar-refractivity contribution in [2.75, 3.05) is 19.6 Å². The minimum Gasteiger partial charge on any atom is -0.372 e. The number of benzene rings is 1. The first-order chi connectivity index (χ1) is 12.4. The number of aryl methyl sites for hydroxylation is 1. The summed E-state index contributed by atoms with van der Waals surface area (Å²) in [5.74, 6) is -0.547. The molecule has 7 nitrogen and oxygen atoms in total. The van der Waals surface area contributed by atoms with Gasteiger partial charge in [0.2, 0.25) is 5.91 Å². The summed E-state index contributed by atoms with van der Waals surface area (Å²) in [5, 5.41) is 2.85. The largest absolute Gasteiger partial charge is 0.372 e. The lowest BCUT2D eigenvalue weighted by Gasteiger charge is -2.35. The number of fused-ring (bicyclic) bond motifs is 2. The smallest absolute Gasteiger partial charge is 0.325 e. The van der Waals surface area contributed by atoms with Crippen LogP contribution in [-0.2, 0) is 26.3 Å². The van der Waals surface area contributed by atoms with E-state index in [4.69, 9.17) is 4.74 Å². The number of nitrogens with one attached hydrogen (secondary N) is 1. The molecule has 1 aromatic carbocycles. The van der Waals surface area contributed by atoms with Gasteiger partial charge in [0.05, 0.1) is 12.2 Å². The van der Waals surface area contributed by atoms with Crippen molar-refractivity contribution in [3.05, 3.63) is 35.4 Å². The zero-order valence-corrected chi connectivity index (χ0v) is 15.0. The van der Waals surface area contributed by atoms with E-state index < -0.39 is 11.6 Å². The molecule has 1 aromatic rings. The van der Waals surface area contributed by atoms with Gasteiger partial charge in [-0.25, -0.2) is 4.79 Å². The fourth-order valence-corrected chi connectivity index (χ4v) is 4.35. The van der Waals surface area contributed by atoms with E-state index in [1.807, 2.05) is 38.1 Å². The highest BCUT2D eigenvalue weighted by Crippen LogP contribution is 2.41. The Hall–Kier alpha value is -2.41. The van der Waals surface area contributed by atoms with E-state index in [0.717, 1.165) is 22.4 Å². The summed E-state index contributed by atoms with van der Waals surface area (Å²) in [7, 11) is 0. The summed E-state index contributed by atoms with van der Waals surface area (Å²) in [6.45, 7) is 4.54. The van der Waals surface area contributed by atoms with Gasteiger partial charge < -0.3 is 15.0 Å². The minimum atomic E-state index is -1.01. The van der Waals surface area contributed by atoms with Gasteiger partial charge in [-0.05, 0) is 37.8 Å². The van der Waals surface area contributed by atoms with E-state index in [1.165, 1.54) is 0 Å². The van der Waals surface area contributed by atoms with Gasteiger partial charge in [-0.1, -0.05) is 24.3 Å². The van der Waals surface area contributed by atoms with Crippen molar-refractivity contribution in [1.82, 2.24) is 15.1 Å². The summed E-state index contributed by atoms with van der Waals surface area (Å²) in [6, 6.07) is 7.18. The molecule has 2 aliphatic heterocycles. The standard InChI is InChI=1S/C19H23N3O4/c1-12-9-21(10-13(2)26-12)16(23)11-22-17(24)19(20-18(22)25)8-7-14-5-3-4-6-15(14)19/h3-6,12-13H,7-11H2,1-2H3,(H,20,25). The Morgan fingerprint density at radius 1 is 1.23 bits per heavy atom. The highest BCUT2D eigenvalue weighted by Gasteiger charge is 2.55. The third kappa shape index (κ3) is 2.58. The maximum atomic E-state index is 13.1. The molecule has 4 amide bonds. The van der Waals surface area contributed by atoms with Gasteiger partial charge in [-0.2, -0.15) is 0 Å². The van der Waals surface area contributed by atoms with Crippen LogP contribution in [-0.4, -0.2) is 59.5 Å². The molecule has 26 heavy (non-hydrogen) atoms. The van der Waals surface area contributed by atoms with E-state index in [1.54, 1.807) is 4.90 Å². The number of amides is 4. The van der Waals surface area contributed by atoms with Crippen LogP contribution in [0, 0.1) is 0 Å². The first-order valence-corrected chi connectivity index (χ1v) is 9.06. The Labute approximate surface area is 152 Å². The van der Waals surface area contributed by atoms with E-state index in [0.29, 0.717) is 19.5 Å². The van der Waals surface area contributed by atoms with Gasteiger partial charge in [-0.3, -0.25) is 14.5 Å². The summed E-state index contributed by atoms with van der Waals surface area (Å²) in [4.78, 5) is 41.0. The van der Waals surface area contributed by atoms with Crippen molar-refractivity contribution in [3.8, 4) is 0 Å². The molecule has 0 saturated carbocycles. The van der Waals surface area contributed by atoms with Gasteiger partial charge >= 0.3 is 6.03 Å². The summed E-state index contributed by atoms with van der Waals surface area (Å²) < 4.78 is 5.64. The fraction of sp³-hybridized carbons (Fsp3) is 0.526. The molecule has 7 heteroatoms. The van der Waals surface area contributed by atoms with Gasteiger partial charge in [0.15, 0.2) is 0 Å². The molecule has 0 bridgehead atoms. The normalized spacial score (nSPS) is 30.7. The Balaban J connectivity index is 1.53. The number of hydrogen-bond acceptors (Lipinski definition) is 4. The molecule has 0 aromatic heterocycles. The number of carbonyl (C=O) groups is 3. The van der Waals surface area contributed by atoms with Crippen molar-refractivity contribution in [3.63, 3.8) is 0 Å².